The molecule has 0 aliphatic heterocycles. The summed E-state index contributed by atoms with van der Waals surface area (Å²) in [5.41, 5.74) is 1.09. The van der Waals surface area contributed by atoms with Crippen LogP contribution in [-0.4, -0.2) is 41.9 Å². The van der Waals surface area contributed by atoms with E-state index in [9.17, 15) is 9.59 Å². The number of carbonyl (C=O) groups excluding carboxylic acids is 2. The van der Waals surface area contributed by atoms with Gasteiger partial charge in [-0.25, -0.2) is 0 Å². The minimum absolute atomic E-state index is 0.0138. The molecular formula is C22H26Cl2N2O3. The Bertz CT molecular complexity index is 828. The van der Waals surface area contributed by atoms with Gasteiger partial charge in [-0.05, 0) is 51.0 Å². The first kappa shape index (κ1) is 23.0. The molecule has 1 atom stereocenters. The molecule has 2 rings (SSSR count). The molecule has 2 amide bonds. The van der Waals surface area contributed by atoms with Crippen LogP contribution in [0.4, 0.5) is 0 Å². The molecule has 0 fully saturated rings. The summed E-state index contributed by atoms with van der Waals surface area (Å²) in [6, 6.07) is 14.0. The molecule has 29 heavy (non-hydrogen) atoms. The Labute approximate surface area is 181 Å². The van der Waals surface area contributed by atoms with Crippen molar-refractivity contribution in [3.63, 3.8) is 0 Å². The third-order valence-electron chi connectivity index (χ3n) is 4.33. The summed E-state index contributed by atoms with van der Waals surface area (Å²) >= 11 is 12.0. The largest absolute Gasteiger partial charge is 0.482 e. The van der Waals surface area contributed by atoms with Crippen LogP contribution >= 0.6 is 23.2 Å². The van der Waals surface area contributed by atoms with Crippen LogP contribution in [0.1, 0.15) is 26.3 Å². The average molecular weight is 437 g/mol. The molecule has 1 N–H and O–H groups in total. The zero-order valence-electron chi connectivity index (χ0n) is 16.8. The maximum Gasteiger partial charge on any atom is 0.261 e. The summed E-state index contributed by atoms with van der Waals surface area (Å²) in [5.74, 6) is -0.129. The minimum atomic E-state index is -0.627. The highest BCUT2D eigenvalue weighted by atomic mass is 35.5. The highest BCUT2D eigenvalue weighted by molar-refractivity contribution is 6.35. The number of rotatable bonds is 9. The predicted molar refractivity (Wildman–Crippen MR) is 117 cm³/mol. The molecule has 2 aromatic carbocycles. The molecule has 0 aliphatic carbocycles. The third-order valence-corrected chi connectivity index (χ3v) is 4.86. The lowest BCUT2D eigenvalue weighted by molar-refractivity contribution is -0.141. The second-order valence-electron chi connectivity index (χ2n) is 7.03. The minimum Gasteiger partial charge on any atom is -0.482 e. The SMILES string of the molecule is CC(C)NC(=O)[C@@H](C)N(CCc1ccccc1)C(=O)COc1ccc(Cl)cc1Cl. The van der Waals surface area contributed by atoms with Crippen LogP contribution in [0.3, 0.4) is 0 Å². The smallest absolute Gasteiger partial charge is 0.261 e. The summed E-state index contributed by atoms with van der Waals surface area (Å²) in [4.78, 5) is 26.9. The van der Waals surface area contributed by atoms with Crippen molar-refractivity contribution in [2.45, 2.75) is 39.3 Å². The topological polar surface area (TPSA) is 58.6 Å². The fourth-order valence-corrected chi connectivity index (χ4v) is 3.25. The van der Waals surface area contributed by atoms with Crippen LogP contribution in [0.5, 0.6) is 5.75 Å². The Balaban J connectivity index is 2.09. The van der Waals surface area contributed by atoms with E-state index in [2.05, 4.69) is 5.32 Å². The van der Waals surface area contributed by atoms with E-state index in [0.29, 0.717) is 28.8 Å². The van der Waals surface area contributed by atoms with Gasteiger partial charge in [-0.1, -0.05) is 53.5 Å². The number of carbonyl (C=O) groups is 2. The van der Waals surface area contributed by atoms with E-state index in [4.69, 9.17) is 27.9 Å². The zero-order chi connectivity index (χ0) is 21.4. The molecule has 5 nitrogen and oxygen atoms in total. The Hall–Kier alpha value is -2.24. The van der Waals surface area contributed by atoms with Crippen molar-refractivity contribution >= 4 is 35.0 Å². The van der Waals surface area contributed by atoms with E-state index in [1.54, 1.807) is 25.1 Å². The molecule has 0 heterocycles. The molecule has 0 radical (unpaired) electrons. The van der Waals surface area contributed by atoms with E-state index in [1.165, 1.54) is 4.90 Å². The van der Waals surface area contributed by atoms with Crippen LogP contribution in [0.15, 0.2) is 48.5 Å². The zero-order valence-corrected chi connectivity index (χ0v) is 18.3. The van der Waals surface area contributed by atoms with Crippen molar-refractivity contribution in [1.29, 1.82) is 0 Å². The van der Waals surface area contributed by atoms with Gasteiger partial charge in [-0.3, -0.25) is 9.59 Å². The molecular weight excluding hydrogens is 411 g/mol. The van der Waals surface area contributed by atoms with Crippen molar-refractivity contribution in [2.75, 3.05) is 13.2 Å². The van der Waals surface area contributed by atoms with Gasteiger partial charge < -0.3 is 15.0 Å². The van der Waals surface area contributed by atoms with Crippen LogP contribution in [0.25, 0.3) is 0 Å². The van der Waals surface area contributed by atoms with Crippen LogP contribution < -0.4 is 10.1 Å². The molecule has 0 saturated heterocycles. The molecule has 0 aliphatic rings. The Kier molecular flexibility index (Phi) is 8.80. The highest BCUT2D eigenvalue weighted by Gasteiger charge is 2.26. The summed E-state index contributed by atoms with van der Waals surface area (Å²) in [7, 11) is 0. The summed E-state index contributed by atoms with van der Waals surface area (Å²) in [5, 5.41) is 3.66. The number of nitrogens with one attached hydrogen (secondary N) is 1. The van der Waals surface area contributed by atoms with Crippen molar-refractivity contribution < 1.29 is 14.3 Å². The third kappa shape index (κ3) is 7.26. The second kappa shape index (κ2) is 11.1. The van der Waals surface area contributed by atoms with Gasteiger partial charge in [0.05, 0.1) is 5.02 Å². The summed E-state index contributed by atoms with van der Waals surface area (Å²) < 4.78 is 5.58. The van der Waals surface area contributed by atoms with E-state index in [1.807, 2.05) is 44.2 Å². The van der Waals surface area contributed by atoms with Gasteiger partial charge >= 0.3 is 0 Å². The Morgan fingerprint density at radius 2 is 1.76 bits per heavy atom. The van der Waals surface area contributed by atoms with Crippen LogP contribution in [0, 0.1) is 0 Å². The number of nitrogens with zero attached hydrogens (tertiary/aromatic N) is 1. The summed E-state index contributed by atoms with van der Waals surface area (Å²) in [6.45, 7) is 5.65. The monoisotopic (exact) mass is 436 g/mol. The number of amides is 2. The van der Waals surface area contributed by atoms with E-state index >= 15 is 0 Å². The normalized spacial score (nSPS) is 11.8. The summed E-state index contributed by atoms with van der Waals surface area (Å²) in [6.07, 6.45) is 0.633. The van der Waals surface area contributed by atoms with Crippen LogP contribution in [-0.2, 0) is 16.0 Å². The molecule has 2 aromatic rings. The van der Waals surface area contributed by atoms with Gasteiger partial charge in [-0.15, -0.1) is 0 Å². The first-order valence-electron chi connectivity index (χ1n) is 9.49. The van der Waals surface area contributed by atoms with Crippen molar-refractivity contribution in [2.24, 2.45) is 0 Å². The lowest BCUT2D eigenvalue weighted by Crippen LogP contribution is -2.51. The maximum absolute atomic E-state index is 12.9. The number of benzene rings is 2. The van der Waals surface area contributed by atoms with Crippen molar-refractivity contribution in [1.82, 2.24) is 10.2 Å². The standard InChI is InChI=1S/C22H26Cl2N2O3/c1-15(2)25-22(28)16(3)26(12-11-17-7-5-4-6-8-17)21(27)14-29-20-10-9-18(23)13-19(20)24/h4-10,13,15-16H,11-12,14H2,1-3H3,(H,25,28)/t16-/m1/s1. The number of halogens is 2. The van der Waals surface area contributed by atoms with E-state index in [-0.39, 0.29) is 24.5 Å². The first-order chi connectivity index (χ1) is 13.8. The first-order valence-corrected chi connectivity index (χ1v) is 10.2. The second-order valence-corrected chi connectivity index (χ2v) is 7.87. The molecule has 0 spiro atoms. The van der Waals surface area contributed by atoms with Gasteiger partial charge in [0.1, 0.15) is 11.8 Å². The van der Waals surface area contributed by atoms with Gasteiger partial charge in [-0.2, -0.15) is 0 Å². The van der Waals surface area contributed by atoms with E-state index in [0.717, 1.165) is 5.56 Å². The lowest BCUT2D eigenvalue weighted by Gasteiger charge is -2.29. The quantitative estimate of drug-likeness (QED) is 0.635. The van der Waals surface area contributed by atoms with Gasteiger partial charge in [0.25, 0.3) is 5.91 Å². The molecule has 0 saturated carbocycles. The fourth-order valence-electron chi connectivity index (χ4n) is 2.79. The van der Waals surface area contributed by atoms with Crippen molar-refractivity contribution in [3.05, 3.63) is 64.1 Å². The molecule has 7 heteroatoms. The van der Waals surface area contributed by atoms with E-state index < -0.39 is 6.04 Å². The number of hydrogen-bond donors (Lipinski definition) is 1. The van der Waals surface area contributed by atoms with Crippen LogP contribution in [0.2, 0.25) is 10.0 Å². The fraction of sp³-hybridized carbons (Fsp3) is 0.364. The molecule has 0 bridgehead atoms. The molecule has 0 unspecified atom stereocenters. The predicted octanol–water partition coefficient (Wildman–Crippen LogP) is 4.36. The molecule has 156 valence electrons. The van der Waals surface area contributed by atoms with Gasteiger partial charge in [0, 0.05) is 17.6 Å². The average Bonchev–Trinajstić information content (AvgIpc) is 2.67. The Morgan fingerprint density at radius 3 is 2.38 bits per heavy atom. The number of hydrogen-bond acceptors (Lipinski definition) is 3. The lowest BCUT2D eigenvalue weighted by atomic mass is 10.1. The Morgan fingerprint density at radius 1 is 1.07 bits per heavy atom. The van der Waals surface area contributed by atoms with Crippen molar-refractivity contribution in [3.8, 4) is 5.75 Å². The maximum atomic E-state index is 12.9. The van der Waals surface area contributed by atoms with Gasteiger partial charge in [0.15, 0.2) is 6.61 Å². The number of ether oxygens (including phenoxy) is 1. The van der Waals surface area contributed by atoms with Gasteiger partial charge in [0.2, 0.25) is 5.91 Å². The molecule has 0 aromatic heterocycles. The highest BCUT2D eigenvalue weighted by Crippen LogP contribution is 2.27.